The summed E-state index contributed by atoms with van der Waals surface area (Å²) in [5, 5.41) is 0.642. The van der Waals surface area contributed by atoms with Gasteiger partial charge >= 0.3 is 0 Å². The molecule has 0 spiro atoms. The highest BCUT2D eigenvalue weighted by Gasteiger charge is 2.16. The first-order chi connectivity index (χ1) is 8.97. The Hall–Kier alpha value is -0.930. The standard InChI is InChI=1S/C15H24ClNO2/c1-5-6-11(3)19-15-12(7-10(2)17)8-13(16)9-14(15)18-4/h8-11H,5-7,17H2,1-4H3. The van der Waals surface area contributed by atoms with Gasteiger partial charge in [-0.15, -0.1) is 0 Å². The highest BCUT2D eigenvalue weighted by molar-refractivity contribution is 6.30. The summed E-state index contributed by atoms with van der Waals surface area (Å²) in [4.78, 5) is 0. The zero-order valence-electron chi connectivity index (χ0n) is 12.2. The third-order valence-corrected chi connectivity index (χ3v) is 3.09. The average Bonchev–Trinajstić information content (AvgIpc) is 2.31. The van der Waals surface area contributed by atoms with Crippen molar-refractivity contribution in [3.8, 4) is 11.5 Å². The maximum atomic E-state index is 6.11. The molecule has 0 saturated heterocycles. The molecule has 2 N–H and O–H groups in total. The molecule has 0 heterocycles. The quantitative estimate of drug-likeness (QED) is 0.828. The molecule has 0 bridgehead atoms. The minimum Gasteiger partial charge on any atom is -0.493 e. The Morgan fingerprint density at radius 1 is 1.32 bits per heavy atom. The van der Waals surface area contributed by atoms with Gasteiger partial charge in [0.1, 0.15) is 0 Å². The maximum Gasteiger partial charge on any atom is 0.164 e. The van der Waals surface area contributed by atoms with E-state index in [-0.39, 0.29) is 12.1 Å². The van der Waals surface area contributed by atoms with Crippen LogP contribution in [0.25, 0.3) is 0 Å². The number of methoxy groups -OCH3 is 1. The Morgan fingerprint density at radius 2 is 2.00 bits per heavy atom. The Labute approximate surface area is 121 Å². The normalized spacial score (nSPS) is 14.0. The third kappa shape index (κ3) is 4.92. The molecule has 1 aromatic carbocycles. The van der Waals surface area contributed by atoms with Crippen molar-refractivity contribution >= 4 is 11.6 Å². The smallest absolute Gasteiger partial charge is 0.164 e. The molecular weight excluding hydrogens is 262 g/mol. The summed E-state index contributed by atoms with van der Waals surface area (Å²) < 4.78 is 11.4. The van der Waals surface area contributed by atoms with Gasteiger partial charge < -0.3 is 15.2 Å². The van der Waals surface area contributed by atoms with Crippen molar-refractivity contribution in [1.82, 2.24) is 0 Å². The molecule has 0 amide bonds. The summed E-state index contributed by atoms with van der Waals surface area (Å²) in [7, 11) is 1.62. The largest absolute Gasteiger partial charge is 0.493 e. The summed E-state index contributed by atoms with van der Waals surface area (Å²) in [5.41, 5.74) is 6.89. The van der Waals surface area contributed by atoms with Crippen LogP contribution >= 0.6 is 11.6 Å². The van der Waals surface area contributed by atoms with Gasteiger partial charge in [0.05, 0.1) is 13.2 Å². The van der Waals surface area contributed by atoms with Gasteiger partial charge in [-0.3, -0.25) is 0 Å². The Kier molecular flexibility index (Phi) is 6.46. The first-order valence-corrected chi connectivity index (χ1v) is 7.14. The number of halogens is 1. The van der Waals surface area contributed by atoms with E-state index in [0.29, 0.717) is 17.2 Å². The minimum atomic E-state index is 0.0482. The van der Waals surface area contributed by atoms with Gasteiger partial charge in [-0.2, -0.15) is 0 Å². The number of hydrogen-bond donors (Lipinski definition) is 1. The Balaban J connectivity index is 3.08. The molecule has 1 aromatic rings. The molecule has 0 aliphatic carbocycles. The monoisotopic (exact) mass is 285 g/mol. The van der Waals surface area contributed by atoms with Crippen LogP contribution < -0.4 is 15.2 Å². The van der Waals surface area contributed by atoms with Crippen molar-refractivity contribution in [3.63, 3.8) is 0 Å². The molecular formula is C15H24ClNO2. The van der Waals surface area contributed by atoms with Gasteiger partial charge in [-0.25, -0.2) is 0 Å². The predicted octanol–water partition coefficient (Wildman–Crippen LogP) is 3.81. The van der Waals surface area contributed by atoms with Crippen molar-refractivity contribution in [3.05, 3.63) is 22.7 Å². The second-order valence-electron chi connectivity index (χ2n) is 4.99. The molecule has 4 heteroatoms. The molecule has 0 aliphatic heterocycles. The van der Waals surface area contributed by atoms with Gasteiger partial charge in [0.2, 0.25) is 0 Å². The minimum absolute atomic E-state index is 0.0482. The number of ether oxygens (including phenoxy) is 2. The van der Waals surface area contributed by atoms with Crippen molar-refractivity contribution < 1.29 is 9.47 Å². The van der Waals surface area contributed by atoms with E-state index in [1.165, 1.54) is 0 Å². The molecule has 108 valence electrons. The lowest BCUT2D eigenvalue weighted by atomic mass is 10.1. The van der Waals surface area contributed by atoms with Crippen LogP contribution in [-0.2, 0) is 6.42 Å². The van der Waals surface area contributed by atoms with E-state index < -0.39 is 0 Å². The fourth-order valence-corrected chi connectivity index (χ4v) is 2.30. The third-order valence-electron chi connectivity index (χ3n) is 2.87. The fraction of sp³-hybridized carbons (Fsp3) is 0.600. The summed E-state index contributed by atoms with van der Waals surface area (Å²) in [5.74, 6) is 1.44. The Bertz CT molecular complexity index is 407. The van der Waals surface area contributed by atoms with Crippen LogP contribution in [0.3, 0.4) is 0 Å². The molecule has 0 radical (unpaired) electrons. The lowest BCUT2D eigenvalue weighted by Gasteiger charge is -2.20. The lowest BCUT2D eigenvalue weighted by molar-refractivity contribution is 0.198. The van der Waals surface area contributed by atoms with E-state index in [1.807, 2.05) is 13.0 Å². The van der Waals surface area contributed by atoms with Crippen LogP contribution in [0.1, 0.15) is 39.2 Å². The summed E-state index contributed by atoms with van der Waals surface area (Å²) in [6, 6.07) is 3.73. The zero-order chi connectivity index (χ0) is 14.4. The molecule has 19 heavy (non-hydrogen) atoms. The number of benzene rings is 1. The molecule has 3 nitrogen and oxygen atoms in total. The van der Waals surface area contributed by atoms with Crippen LogP contribution in [0.5, 0.6) is 11.5 Å². The van der Waals surface area contributed by atoms with E-state index >= 15 is 0 Å². The van der Waals surface area contributed by atoms with Crippen LogP contribution in [0, 0.1) is 0 Å². The topological polar surface area (TPSA) is 44.5 Å². The molecule has 0 saturated carbocycles. The van der Waals surface area contributed by atoms with E-state index in [1.54, 1.807) is 13.2 Å². The fourth-order valence-electron chi connectivity index (χ4n) is 2.07. The van der Waals surface area contributed by atoms with Gasteiger partial charge in [-0.1, -0.05) is 24.9 Å². The molecule has 2 atom stereocenters. The Morgan fingerprint density at radius 3 is 2.53 bits per heavy atom. The predicted molar refractivity (Wildman–Crippen MR) is 80.4 cm³/mol. The second-order valence-corrected chi connectivity index (χ2v) is 5.43. The highest BCUT2D eigenvalue weighted by atomic mass is 35.5. The summed E-state index contributed by atoms with van der Waals surface area (Å²) >= 11 is 6.11. The first kappa shape index (κ1) is 16.1. The SMILES string of the molecule is CCCC(C)Oc1c(CC(C)N)cc(Cl)cc1OC. The lowest BCUT2D eigenvalue weighted by Crippen LogP contribution is -2.20. The highest BCUT2D eigenvalue weighted by Crippen LogP contribution is 2.36. The van der Waals surface area contributed by atoms with E-state index in [9.17, 15) is 0 Å². The summed E-state index contributed by atoms with van der Waals surface area (Å²) in [6.45, 7) is 6.17. The molecule has 0 aromatic heterocycles. The molecule has 0 aliphatic rings. The second kappa shape index (κ2) is 7.61. The maximum absolute atomic E-state index is 6.11. The average molecular weight is 286 g/mol. The van der Waals surface area contributed by atoms with Gasteiger partial charge in [0, 0.05) is 22.7 Å². The van der Waals surface area contributed by atoms with E-state index in [0.717, 1.165) is 24.2 Å². The van der Waals surface area contributed by atoms with E-state index in [2.05, 4.69) is 13.8 Å². The van der Waals surface area contributed by atoms with Gasteiger partial charge in [-0.05, 0) is 32.8 Å². The van der Waals surface area contributed by atoms with Crippen molar-refractivity contribution in [1.29, 1.82) is 0 Å². The van der Waals surface area contributed by atoms with Crippen LogP contribution in [0.15, 0.2) is 12.1 Å². The van der Waals surface area contributed by atoms with Crippen molar-refractivity contribution in [2.75, 3.05) is 7.11 Å². The van der Waals surface area contributed by atoms with Crippen molar-refractivity contribution in [2.45, 2.75) is 52.2 Å². The molecule has 0 fully saturated rings. The van der Waals surface area contributed by atoms with Crippen molar-refractivity contribution in [2.24, 2.45) is 5.73 Å². The van der Waals surface area contributed by atoms with Crippen LogP contribution in [-0.4, -0.2) is 19.3 Å². The number of hydrogen-bond acceptors (Lipinski definition) is 3. The molecule has 1 rings (SSSR count). The van der Waals surface area contributed by atoms with Gasteiger partial charge in [0.25, 0.3) is 0 Å². The van der Waals surface area contributed by atoms with E-state index in [4.69, 9.17) is 26.8 Å². The van der Waals surface area contributed by atoms with Gasteiger partial charge in [0.15, 0.2) is 11.5 Å². The number of nitrogens with two attached hydrogens (primary N) is 1. The molecule has 2 unspecified atom stereocenters. The zero-order valence-corrected chi connectivity index (χ0v) is 13.0. The van der Waals surface area contributed by atoms with Crippen LogP contribution in [0.2, 0.25) is 5.02 Å². The summed E-state index contributed by atoms with van der Waals surface area (Å²) in [6.07, 6.45) is 2.95. The van der Waals surface area contributed by atoms with Crippen LogP contribution in [0.4, 0.5) is 0 Å². The first-order valence-electron chi connectivity index (χ1n) is 6.76. The number of rotatable bonds is 7.